The third-order valence-electron chi connectivity index (χ3n) is 4.79. The van der Waals surface area contributed by atoms with Crippen molar-refractivity contribution in [3.05, 3.63) is 46.5 Å². The van der Waals surface area contributed by atoms with Crippen LogP contribution in [0, 0.1) is 0 Å². The van der Waals surface area contributed by atoms with Crippen molar-refractivity contribution < 1.29 is 23.4 Å². The van der Waals surface area contributed by atoms with E-state index in [1.165, 1.54) is 23.9 Å². The average Bonchev–Trinajstić information content (AvgIpc) is 3.03. The van der Waals surface area contributed by atoms with Crippen molar-refractivity contribution in [3.63, 3.8) is 0 Å². The number of aromatic nitrogens is 2. The molecule has 0 aliphatic carbocycles. The molecule has 2 rings (SSSR count). The smallest absolute Gasteiger partial charge is 0.321 e. The Bertz CT molecular complexity index is 977. The Morgan fingerprint density at radius 3 is 2.55 bits per heavy atom. The van der Waals surface area contributed by atoms with Gasteiger partial charge >= 0.3 is 5.97 Å². The molecule has 3 N–H and O–H groups in total. The minimum atomic E-state index is -3.97. The summed E-state index contributed by atoms with van der Waals surface area (Å²) >= 11 is 7.61. The molecule has 0 radical (unpaired) electrons. The highest BCUT2D eigenvalue weighted by molar-refractivity contribution is 7.98. The predicted molar refractivity (Wildman–Crippen MR) is 122 cm³/mol. The monoisotopic (exact) mass is 489 g/mol. The first-order chi connectivity index (χ1) is 14.7. The van der Waals surface area contributed by atoms with Crippen molar-refractivity contribution in [2.24, 2.45) is 0 Å². The number of carboxylic acids is 1. The molecule has 0 aliphatic rings. The molecule has 31 heavy (non-hydrogen) atoms. The average molecular weight is 490 g/mol. The summed E-state index contributed by atoms with van der Waals surface area (Å²) in [6, 6.07) is 5.01. The van der Waals surface area contributed by atoms with E-state index < -0.39 is 22.0 Å². The quantitative estimate of drug-likeness (QED) is 0.395. The lowest BCUT2D eigenvalue weighted by molar-refractivity contribution is -0.139. The number of benzene rings is 1. The number of nitrogens with one attached hydrogen (secondary N) is 1. The van der Waals surface area contributed by atoms with Crippen LogP contribution in [0.15, 0.2) is 29.2 Å². The third-order valence-corrected chi connectivity index (χ3v) is 7.22. The number of halogens is 1. The first kappa shape index (κ1) is 25.7. The summed E-state index contributed by atoms with van der Waals surface area (Å²) in [6.07, 6.45) is 4.67. The molecule has 0 amide bonds. The number of hydrogen-bond donors (Lipinski definition) is 3. The van der Waals surface area contributed by atoms with Crippen LogP contribution in [0.5, 0.6) is 0 Å². The van der Waals surface area contributed by atoms with Gasteiger partial charge in [-0.2, -0.15) is 16.5 Å². The minimum Gasteiger partial charge on any atom is -0.480 e. The van der Waals surface area contributed by atoms with Crippen LogP contribution in [0.4, 0.5) is 0 Å². The maximum Gasteiger partial charge on any atom is 0.321 e. The number of sulfonamides is 1. The van der Waals surface area contributed by atoms with Crippen LogP contribution in [0.2, 0.25) is 5.15 Å². The second-order valence-electron chi connectivity index (χ2n) is 7.05. The van der Waals surface area contributed by atoms with E-state index in [2.05, 4.69) is 16.6 Å². The molecule has 2 aromatic rings. The van der Waals surface area contributed by atoms with Crippen LogP contribution in [-0.4, -0.2) is 52.2 Å². The van der Waals surface area contributed by atoms with Crippen molar-refractivity contribution in [2.45, 2.75) is 56.7 Å². The summed E-state index contributed by atoms with van der Waals surface area (Å²) < 4.78 is 29.3. The summed E-state index contributed by atoms with van der Waals surface area (Å²) in [4.78, 5) is 15.7. The highest BCUT2D eigenvalue weighted by Gasteiger charge is 2.25. The summed E-state index contributed by atoms with van der Waals surface area (Å²) in [5, 5.41) is 19.2. The SMILES string of the molecule is CCCCc1nc(Cl)c(CO)n1Cc1ccc(S(=O)(=O)NC(CCSC)C(=O)O)cc1. The molecule has 1 aromatic heterocycles. The zero-order valence-electron chi connectivity index (χ0n) is 17.5. The Hall–Kier alpha value is -1.59. The van der Waals surface area contributed by atoms with Crippen LogP contribution < -0.4 is 4.72 Å². The normalized spacial score (nSPS) is 12.8. The number of hydrogen-bond acceptors (Lipinski definition) is 6. The van der Waals surface area contributed by atoms with Crippen LogP contribution in [0.3, 0.4) is 0 Å². The molecule has 0 spiro atoms. The highest BCUT2D eigenvalue weighted by Crippen LogP contribution is 2.21. The molecule has 1 aromatic carbocycles. The topological polar surface area (TPSA) is 122 Å². The molecule has 0 saturated heterocycles. The molecule has 0 aliphatic heterocycles. The first-order valence-electron chi connectivity index (χ1n) is 9.91. The maximum atomic E-state index is 12.6. The summed E-state index contributed by atoms with van der Waals surface area (Å²) in [6.45, 7) is 2.21. The van der Waals surface area contributed by atoms with E-state index >= 15 is 0 Å². The number of thioether (sulfide) groups is 1. The number of carboxylic acid groups (broad SMARTS) is 1. The molecule has 1 atom stereocenters. The molecule has 1 heterocycles. The van der Waals surface area contributed by atoms with Gasteiger partial charge < -0.3 is 14.8 Å². The molecule has 11 heteroatoms. The summed E-state index contributed by atoms with van der Waals surface area (Å²) in [7, 11) is -3.97. The Balaban J connectivity index is 2.21. The van der Waals surface area contributed by atoms with Gasteiger partial charge in [0, 0.05) is 13.0 Å². The van der Waals surface area contributed by atoms with Crippen LogP contribution in [0.1, 0.15) is 43.3 Å². The lowest BCUT2D eigenvalue weighted by Gasteiger charge is -2.15. The van der Waals surface area contributed by atoms with Crippen molar-refractivity contribution in [1.82, 2.24) is 14.3 Å². The second-order valence-corrected chi connectivity index (χ2v) is 10.1. The van der Waals surface area contributed by atoms with Gasteiger partial charge in [-0.3, -0.25) is 4.79 Å². The minimum absolute atomic E-state index is 0.0103. The lowest BCUT2D eigenvalue weighted by Crippen LogP contribution is -2.41. The fourth-order valence-electron chi connectivity index (χ4n) is 3.05. The van der Waals surface area contributed by atoms with Crippen molar-refractivity contribution in [2.75, 3.05) is 12.0 Å². The van der Waals surface area contributed by atoms with Crippen LogP contribution in [0.25, 0.3) is 0 Å². The second kappa shape index (κ2) is 11.9. The number of rotatable bonds is 13. The number of carbonyl (C=O) groups is 1. The van der Waals surface area contributed by atoms with Gasteiger partial charge in [0.2, 0.25) is 10.0 Å². The fraction of sp³-hybridized carbons (Fsp3) is 0.500. The number of unbranched alkanes of at least 4 members (excludes halogenated alkanes) is 1. The van der Waals surface area contributed by atoms with Gasteiger partial charge in [0.1, 0.15) is 11.9 Å². The molecule has 172 valence electrons. The van der Waals surface area contributed by atoms with Crippen LogP contribution in [-0.2, 0) is 34.4 Å². The Labute approximate surface area is 192 Å². The van der Waals surface area contributed by atoms with Gasteiger partial charge in [-0.05, 0) is 42.5 Å². The number of imidazole rings is 1. The molecule has 8 nitrogen and oxygen atoms in total. The van der Waals surface area contributed by atoms with E-state index in [0.717, 1.165) is 30.7 Å². The lowest BCUT2D eigenvalue weighted by atomic mass is 10.2. The zero-order chi connectivity index (χ0) is 23.0. The van der Waals surface area contributed by atoms with Crippen molar-refractivity contribution >= 4 is 39.4 Å². The molecule has 0 saturated carbocycles. The van der Waals surface area contributed by atoms with Gasteiger partial charge in [0.05, 0.1) is 17.2 Å². The molecule has 1 unspecified atom stereocenters. The maximum absolute atomic E-state index is 12.6. The Kier molecular flexibility index (Phi) is 9.83. The van der Waals surface area contributed by atoms with Crippen LogP contribution >= 0.6 is 23.4 Å². The van der Waals surface area contributed by atoms with Gasteiger partial charge in [0.15, 0.2) is 5.15 Å². The highest BCUT2D eigenvalue weighted by atomic mass is 35.5. The molecular formula is C20H28ClN3O5S2. The van der Waals surface area contributed by atoms with E-state index in [0.29, 0.717) is 18.0 Å². The largest absolute Gasteiger partial charge is 0.480 e. The van der Waals surface area contributed by atoms with E-state index in [1.54, 1.807) is 12.1 Å². The summed E-state index contributed by atoms with van der Waals surface area (Å²) in [5.41, 5.74) is 1.32. The fourth-order valence-corrected chi connectivity index (χ4v) is 5.00. The number of aryl methyl sites for hydroxylation is 1. The number of aliphatic hydroxyl groups excluding tert-OH is 1. The number of nitrogens with zero attached hydrogens (tertiary/aromatic N) is 2. The molecular weight excluding hydrogens is 462 g/mol. The molecule has 0 bridgehead atoms. The van der Waals surface area contributed by atoms with Gasteiger partial charge in [0.25, 0.3) is 0 Å². The first-order valence-corrected chi connectivity index (χ1v) is 13.2. The Morgan fingerprint density at radius 1 is 1.32 bits per heavy atom. The van der Waals surface area contributed by atoms with Gasteiger partial charge in [-0.15, -0.1) is 0 Å². The van der Waals surface area contributed by atoms with Crippen molar-refractivity contribution in [3.8, 4) is 0 Å². The predicted octanol–water partition coefficient (Wildman–Crippen LogP) is 2.90. The van der Waals surface area contributed by atoms with E-state index in [1.807, 2.05) is 10.8 Å². The van der Waals surface area contributed by atoms with E-state index in [9.17, 15) is 23.4 Å². The number of aliphatic hydroxyl groups is 1. The van der Waals surface area contributed by atoms with Gasteiger partial charge in [-0.25, -0.2) is 13.4 Å². The zero-order valence-corrected chi connectivity index (χ0v) is 19.9. The summed E-state index contributed by atoms with van der Waals surface area (Å²) in [5.74, 6) is 0.0918. The van der Waals surface area contributed by atoms with Gasteiger partial charge in [-0.1, -0.05) is 37.1 Å². The van der Waals surface area contributed by atoms with E-state index in [-0.39, 0.29) is 23.1 Å². The van der Waals surface area contributed by atoms with Crippen molar-refractivity contribution in [1.29, 1.82) is 0 Å². The van der Waals surface area contributed by atoms with E-state index in [4.69, 9.17) is 11.6 Å². The third kappa shape index (κ3) is 6.95. The molecule has 0 fully saturated rings. The number of aliphatic carboxylic acids is 1. The Morgan fingerprint density at radius 2 is 2.00 bits per heavy atom. The standard InChI is InChI=1S/C20H28ClN3O5S2/c1-3-4-5-18-22-19(21)17(13-25)24(18)12-14-6-8-15(9-7-14)31(28,29)23-16(20(26)27)10-11-30-2/h6-9,16,23,25H,3-5,10-13H2,1-2H3,(H,26,27).